The summed E-state index contributed by atoms with van der Waals surface area (Å²) in [6, 6.07) is 0. The Bertz CT molecular complexity index is 1210. The van der Waals surface area contributed by atoms with Crippen LogP contribution in [0.15, 0.2) is 12.2 Å². The highest BCUT2D eigenvalue weighted by Gasteiger charge is 2.19. The molecule has 0 rings (SSSR count). The topological polar surface area (TPSA) is 78.9 Å². The molecule has 0 saturated carbocycles. The third-order valence-electron chi connectivity index (χ3n) is 16.5. The molecule has 0 aromatic carbocycles. The first-order valence-electron chi connectivity index (χ1n) is 35.7. The molecule has 0 bridgehead atoms. The van der Waals surface area contributed by atoms with E-state index in [2.05, 4.69) is 32.9 Å². The Labute approximate surface area is 488 Å². The quantitative estimate of drug-likeness (QED) is 0.0261. The van der Waals surface area contributed by atoms with E-state index in [1.807, 2.05) is 0 Å². The largest absolute Gasteiger partial charge is 0.462 e. The van der Waals surface area contributed by atoms with Crippen molar-refractivity contribution < 1.29 is 28.6 Å². The molecule has 0 spiro atoms. The molecule has 0 radical (unpaired) electrons. The maximum atomic E-state index is 12.9. The molecule has 1 atom stereocenters. The van der Waals surface area contributed by atoms with E-state index < -0.39 is 6.10 Å². The van der Waals surface area contributed by atoms with Gasteiger partial charge in [0.1, 0.15) is 13.2 Å². The van der Waals surface area contributed by atoms with Gasteiger partial charge in [0.05, 0.1) is 0 Å². The van der Waals surface area contributed by atoms with Gasteiger partial charge in [0.25, 0.3) is 0 Å². The van der Waals surface area contributed by atoms with Crippen LogP contribution in [-0.4, -0.2) is 37.2 Å². The number of carbonyl (C=O) groups excluding carboxylic acids is 3. The normalized spacial score (nSPS) is 12.0. The van der Waals surface area contributed by atoms with Gasteiger partial charge in [0.2, 0.25) is 0 Å². The molecule has 0 heterocycles. The maximum Gasteiger partial charge on any atom is 0.306 e. The highest BCUT2D eigenvalue weighted by Crippen LogP contribution is 2.19. The fourth-order valence-electron chi connectivity index (χ4n) is 11.2. The monoisotopic (exact) mass is 1100 g/mol. The lowest BCUT2D eigenvalue weighted by atomic mass is 10.0. The summed E-state index contributed by atoms with van der Waals surface area (Å²) >= 11 is 0. The van der Waals surface area contributed by atoms with Crippen molar-refractivity contribution in [3.05, 3.63) is 12.2 Å². The average molecular weight is 1100 g/mol. The van der Waals surface area contributed by atoms with Gasteiger partial charge in [-0.1, -0.05) is 360 Å². The summed E-state index contributed by atoms with van der Waals surface area (Å²) in [5.74, 6) is -0.836. The molecule has 0 saturated heterocycles. The first-order chi connectivity index (χ1) is 38.5. The van der Waals surface area contributed by atoms with E-state index in [1.54, 1.807) is 0 Å². The van der Waals surface area contributed by atoms with E-state index in [1.165, 1.54) is 315 Å². The van der Waals surface area contributed by atoms with E-state index in [0.29, 0.717) is 19.3 Å². The van der Waals surface area contributed by atoms with Crippen LogP contribution in [0.5, 0.6) is 0 Å². The minimum Gasteiger partial charge on any atom is -0.462 e. The lowest BCUT2D eigenvalue weighted by Crippen LogP contribution is -2.30. The van der Waals surface area contributed by atoms with Gasteiger partial charge in [-0.15, -0.1) is 0 Å². The Morgan fingerprint density at radius 1 is 0.244 bits per heavy atom. The molecule has 6 nitrogen and oxygen atoms in total. The molecule has 0 fully saturated rings. The predicted octanol–water partition coefficient (Wildman–Crippen LogP) is 24.4. The highest BCUT2D eigenvalue weighted by atomic mass is 16.6. The number of ether oxygens (including phenoxy) is 3. The van der Waals surface area contributed by atoms with Crippen molar-refractivity contribution in [1.29, 1.82) is 0 Å². The smallest absolute Gasteiger partial charge is 0.306 e. The van der Waals surface area contributed by atoms with Gasteiger partial charge in [-0.05, 0) is 44.9 Å². The van der Waals surface area contributed by atoms with Crippen LogP contribution in [-0.2, 0) is 28.6 Å². The van der Waals surface area contributed by atoms with Crippen LogP contribution >= 0.6 is 0 Å². The summed E-state index contributed by atoms with van der Waals surface area (Å²) in [6.45, 7) is 6.71. The van der Waals surface area contributed by atoms with Crippen molar-refractivity contribution in [2.45, 2.75) is 419 Å². The number of allylic oxidation sites excluding steroid dienone is 2. The zero-order valence-corrected chi connectivity index (χ0v) is 53.2. The van der Waals surface area contributed by atoms with E-state index in [0.717, 1.165) is 57.8 Å². The fraction of sp³-hybridized carbons (Fsp3) is 0.931. The molecule has 0 aliphatic heterocycles. The molecule has 0 aliphatic carbocycles. The Morgan fingerprint density at radius 3 is 0.641 bits per heavy atom. The second kappa shape index (κ2) is 67.7. The zero-order valence-electron chi connectivity index (χ0n) is 53.2. The number of unbranched alkanes of at least 4 members (excludes halogenated alkanes) is 54. The van der Waals surface area contributed by atoms with Crippen molar-refractivity contribution in [3.8, 4) is 0 Å². The lowest BCUT2D eigenvalue weighted by Gasteiger charge is -2.18. The molecular formula is C72H138O6. The molecule has 0 N–H and O–H groups in total. The number of esters is 3. The Balaban J connectivity index is 4.09. The summed E-state index contributed by atoms with van der Waals surface area (Å²) in [5, 5.41) is 0. The molecule has 0 aromatic rings. The Morgan fingerprint density at radius 2 is 0.423 bits per heavy atom. The maximum absolute atomic E-state index is 12.9. The molecule has 78 heavy (non-hydrogen) atoms. The van der Waals surface area contributed by atoms with Crippen molar-refractivity contribution in [2.24, 2.45) is 0 Å². The van der Waals surface area contributed by atoms with Crippen LogP contribution in [0.4, 0.5) is 0 Å². The summed E-state index contributed by atoms with van der Waals surface area (Å²) in [4.78, 5) is 38.3. The van der Waals surface area contributed by atoms with Crippen molar-refractivity contribution >= 4 is 17.9 Å². The predicted molar refractivity (Wildman–Crippen MR) is 340 cm³/mol. The second-order valence-electron chi connectivity index (χ2n) is 24.5. The minimum absolute atomic E-state index is 0.0642. The summed E-state index contributed by atoms with van der Waals surface area (Å²) in [7, 11) is 0. The van der Waals surface area contributed by atoms with Gasteiger partial charge in [0.15, 0.2) is 6.10 Å². The fourth-order valence-corrected chi connectivity index (χ4v) is 11.2. The Kier molecular flexibility index (Phi) is 66.0. The molecular weight excluding hydrogens is 961 g/mol. The third kappa shape index (κ3) is 65.0. The summed E-state index contributed by atoms with van der Waals surface area (Å²) in [6.07, 6.45) is 81.2. The van der Waals surface area contributed by atoms with E-state index in [4.69, 9.17) is 14.2 Å². The van der Waals surface area contributed by atoms with Crippen molar-refractivity contribution in [1.82, 2.24) is 0 Å². The van der Waals surface area contributed by atoms with Crippen LogP contribution in [0.25, 0.3) is 0 Å². The number of rotatable bonds is 67. The van der Waals surface area contributed by atoms with Gasteiger partial charge in [0, 0.05) is 19.3 Å². The minimum atomic E-state index is -0.767. The summed E-state index contributed by atoms with van der Waals surface area (Å²) < 4.78 is 17.0. The SMILES string of the molecule is CCCCCCCCCC/C=C\CCCCCCCCCCCC(=O)OC(COC(=O)CCCCCCCCCCCC)COC(=O)CCCCCCCCCCCCCCCCCCCCCCCCCCCCCCC. The van der Waals surface area contributed by atoms with Gasteiger partial charge < -0.3 is 14.2 Å². The number of carbonyl (C=O) groups is 3. The second-order valence-corrected chi connectivity index (χ2v) is 24.5. The van der Waals surface area contributed by atoms with Crippen molar-refractivity contribution in [2.75, 3.05) is 13.2 Å². The van der Waals surface area contributed by atoms with E-state index in [-0.39, 0.29) is 31.1 Å². The van der Waals surface area contributed by atoms with Gasteiger partial charge in [-0.2, -0.15) is 0 Å². The van der Waals surface area contributed by atoms with Crippen LogP contribution in [0.1, 0.15) is 412 Å². The summed E-state index contributed by atoms with van der Waals surface area (Å²) in [5.41, 5.74) is 0. The zero-order chi connectivity index (χ0) is 56.4. The first-order valence-corrected chi connectivity index (χ1v) is 35.7. The molecule has 462 valence electrons. The third-order valence-corrected chi connectivity index (χ3v) is 16.5. The number of hydrogen-bond donors (Lipinski definition) is 0. The molecule has 1 unspecified atom stereocenters. The van der Waals surface area contributed by atoms with E-state index >= 15 is 0 Å². The van der Waals surface area contributed by atoms with Crippen molar-refractivity contribution in [3.63, 3.8) is 0 Å². The van der Waals surface area contributed by atoms with Crippen LogP contribution < -0.4 is 0 Å². The van der Waals surface area contributed by atoms with Crippen LogP contribution in [0.2, 0.25) is 0 Å². The Hall–Kier alpha value is -1.85. The molecule has 0 aliphatic rings. The number of hydrogen-bond acceptors (Lipinski definition) is 6. The van der Waals surface area contributed by atoms with Gasteiger partial charge >= 0.3 is 17.9 Å². The first kappa shape index (κ1) is 76.1. The lowest BCUT2D eigenvalue weighted by molar-refractivity contribution is -0.167. The average Bonchev–Trinajstić information content (AvgIpc) is 3.44. The van der Waals surface area contributed by atoms with Crippen LogP contribution in [0, 0.1) is 0 Å². The highest BCUT2D eigenvalue weighted by molar-refractivity contribution is 5.71. The standard InChI is InChI=1S/C72H138O6/c1-4-7-10-13-16-19-22-24-26-28-30-32-33-34-35-36-37-38-39-41-42-44-46-48-50-53-56-59-62-65-71(74)77-68-69(67-76-70(73)64-61-58-55-52-21-18-15-12-9-6-3)78-72(75)66-63-60-57-54-51-49-47-45-43-40-31-29-27-25-23-20-17-14-11-8-5-2/h29,31,69H,4-28,30,32-68H2,1-3H3/b31-29-. The molecule has 6 heteroatoms. The van der Waals surface area contributed by atoms with Crippen LogP contribution in [0.3, 0.4) is 0 Å². The van der Waals surface area contributed by atoms with Gasteiger partial charge in [-0.3, -0.25) is 14.4 Å². The molecule has 0 aromatic heterocycles. The molecule has 0 amide bonds. The van der Waals surface area contributed by atoms with Gasteiger partial charge in [-0.25, -0.2) is 0 Å². The van der Waals surface area contributed by atoms with E-state index in [9.17, 15) is 14.4 Å².